The molecule has 61 heavy (non-hydrogen) atoms. The Morgan fingerprint density at radius 3 is 1.80 bits per heavy atom. The van der Waals surface area contributed by atoms with Gasteiger partial charge >= 0.3 is 12.2 Å². The molecule has 322 valence electrons. The fourth-order valence-corrected chi connectivity index (χ4v) is 8.98. The van der Waals surface area contributed by atoms with Gasteiger partial charge in [-0.25, -0.2) is 23.9 Å². The summed E-state index contributed by atoms with van der Waals surface area (Å²) >= 11 is 0. The first-order valence-corrected chi connectivity index (χ1v) is 20.8. The Morgan fingerprint density at radius 2 is 1.30 bits per heavy atom. The van der Waals surface area contributed by atoms with Gasteiger partial charge in [0.25, 0.3) is 0 Å². The van der Waals surface area contributed by atoms with Gasteiger partial charge in [0.15, 0.2) is 12.0 Å². The lowest BCUT2D eigenvalue weighted by molar-refractivity contribution is -0.136. The van der Waals surface area contributed by atoms with Gasteiger partial charge in [0, 0.05) is 35.2 Å². The second kappa shape index (κ2) is 16.6. The van der Waals surface area contributed by atoms with Gasteiger partial charge in [-0.2, -0.15) is 0 Å². The Hall–Kier alpha value is -6.39. The van der Waals surface area contributed by atoms with Crippen LogP contribution in [0.25, 0.3) is 44.7 Å². The van der Waals surface area contributed by atoms with Gasteiger partial charge < -0.3 is 49.2 Å². The predicted molar refractivity (Wildman–Crippen MR) is 224 cm³/mol. The number of rotatable bonds is 10. The smallest absolute Gasteiger partial charge is 0.407 e. The molecular formula is C44H52FN9O7. The predicted octanol–water partition coefficient (Wildman–Crippen LogP) is 7.23. The Morgan fingerprint density at radius 1 is 0.787 bits per heavy atom. The third kappa shape index (κ3) is 7.54. The van der Waals surface area contributed by atoms with E-state index in [1.807, 2.05) is 69.5 Å². The van der Waals surface area contributed by atoms with E-state index in [4.69, 9.17) is 14.2 Å². The molecule has 1 unspecified atom stereocenters. The van der Waals surface area contributed by atoms with Crippen LogP contribution < -0.4 is 15.4 Å². The number of carbonyl (C=O) groups is 4. The lowest BCUT2D eigenvalue weighted by Crippen LogP contribution is -2.51. The number of alkyl carbamates (subject to hydrolysis) is 2. The van der Waals surface area contributed by atoms with Crippen LogP contribution in [0, 0.1) is 17.7 Å². The largest absolute Gasteiger partial charge is 0.470 e. The van der Waals surface area contributed by atoms with Crippen LogP contribution in [0.2, 0.25) is 0 Å². The van der Waals surface area contributed by atoms with Crippen LogP contribution in [-0.4, -0.2) is 97.7 Å². The second-order valence-electron chi connectivity index (χ2n) is 16.7. The molecule has 17 heteroatoms. The van der Waals surface area contributed by atoms with E-state index in [2.05, 4.69) is 30.6 Å². The lowest BCUT2D eigenvalue weighted by atomic mass is 10.0. The third-order valence-electron chi connectivity index (χ3n) is 12.1. The van der Waals surface area contributed by atoms with Crippen molar-refractivity contribution in [1.82, 2.24) is 44.9 Å². The maximum atomic E-state index is 16.7. The first-order valence-electron chi connectivity index (χ1n) is 20.8. The van der Waals surface area contributed by atoms with Crippen LogP contribution >= 0.6 is 0 Å². The highest BCUT2D eigenvalue weighted by atomic mass is 19.1. The number of hydrogen-bond acceptors (Lipinski definition) is 9. The molecule has 6 heterocycles. The molecular weight excluding hydrogens is 786 g/mol. The third-order valence-corrected chi connectivity index (χ3v) is 12.1. The molecule has 3 aromatic heterocycles. The topological polar surface area (TPSA) is 189 Å². The normalized spacial score (nSPS) is 19.4. The summed E-state index contributed by atoms with van der Waals surface area (Å²) in [6.07, 6.45) is 4.60. The van der Waals surface area contributed by atoms with Crippen LogP contribution in [-0.2, 0) is 19.1 Å². The van der Waals surface area contributed by atoms with Gasteiger partial charge in [-0.15, -0.1) is 0 Å². The maximum absolute atomic E-state index is 16.7. The Kier molecular flexibility index (Phi) is 11.2. The molecule has 3 aliphatic heterocycles. The average molecular weight is 838 g/mol. The molecule has 4 amide bonds. The Balaban J connectivity index is 1.03. The number of aromatic nitrogens is 5. The summed E-state index contributed by atoms with van der Waals surface area (Å²) in [4.78, 5) is 71.0. The number of hydrogen-bond donors (Lipinski definition) is 4. The molecule has 2 fully saturated rings. The molecule has 2 saturated heterocycles. The van der Waals surface area contributed by atoms with Crippen LogP contribution in [0.15, 0.2) is 48.8 Å². The molecule has 8 rings (SSSR count). The van der Waals surface area contributed by atoms with Crippen molar-refractivity contribution in [1.29, 1.82) is 0 Å². The van der Waals surface area contributed by atoms with Crippen molar-refractivity contribution in [3.05, 3.63) is 66.3 Å². The van der Waals surface area contributed by atoms with Crippen LogP contribution in [0.3, 0.4) is 0 Å². The average Bonchev–Trinajstić information content (AvgIpc) is 4.11. The Bertz CT molecular complexity index is 2490. The molecule has 3 aliphatic rings. The summed E-state index contributed by atoms with van der Waals surface area (Å²) in [5.41, 5.74) is 4.64. The molecule has 5 atom stereocenters. The number of imidazole rings is 2. The van der Waals surface area contributed by atoms with Crippen LogP contribution in [0.1, 0.15) is 90.3 Å². The van der Waals surface area contributed by atoms with Gasteiger partial charge in [-0.3, -0.25) is 9.59 Å². The van der Waals surface area contributed by atoms with E-state index in [-0.39, 0.29) is 41.6 Å². The number of carbonyl (C=O) groups excluding carboxylic acids is 4. The van der Waals surface area contributed by atoms with Gasteiger partial charge in [0.2, 0.25) is 11.8 Å². The van der Waals surface area contributed by atoms with Crippen molar-refractivity contribution in [3.63, 3.8) is 0 Å². The molecule has 16 nitrogen and oxygen atoms in total. The number of aromatic amines is 2. The highest BCUT2D eigenvalue weighted by molar-refractivity contribution is 5.93. The molecule has 5 aromatic rings. The summed E-state index contributed by atoms with van der Waals surface area (Å²) in [7, 11) is 2.54. The molecule has 2 aromatic carbocycles. The van der Waals surface area contributed by atoms with E-state index in [0.29, 0.717) is 64.8 Å². The number of H-pyrrole nitrogens is 2. The fourth-order valence-electron chi connectivity index (χ4n) is 8.98. The van der Waals surface area contributed by atoms with Crippen molar-refractivity contribution in [3.8, 4) is 39.5 Å². The zero-order chi connectivity index (χ0) is 43.3. The quantitative estimate of drug-likeness (QED) is 0.113. The van der Waals surface area contributed by atoms with Crippen LogP contribution in [0.5, 0.6) is 5.75 Å². The number of amides is 4. The zero-order valence-electron chi connectivity index (χ0n) is 35.4. The van der Waals surface area contributed by atoms with Crippen LogP contribution in [0.4, 0.5) is 14.0 Å². The standard InChI is InChI=1S/C44H52FN9O7/c1-22(2)36(50-43(57)59-6)41(55)52-16-8-10-32(52)39-46-20-29(48-39)25-13-15-31-28(18-25)35(45)38-27-14-12-26(19-34(27)61-24(5)54(31)38)30-21-47-40(49-30)33-11-9-17-53(33)42(56)37(23(3)4)51-44(58)60-7/h12-15,18-24,32-33,36-37H,8-11,16-17H2,1-7H3,(H,46,48)(H,47,49)(H,50,57)(H,51,58)/t24?,32-,33-,36-,37-/m0/s1. The number of methoxy groups -OCH3 is 2. The second-order valence-corrected chi connectivity index (χ2v) is 16.7. The molecule has 0 aliphatic carbocycles. The maximum Gasteiger partial charge on any atom is 0.407 e. The monoisotopic (exact) mass is 837 g/mol. The highest BCUT2D eigenvalue weighted by Crippen LogP contribution is 2.46. The molecule has 0 bridgehead atoms. The molecule has 4 N–H and O–H groups in total. The molecule has 0 spiro atoms. The van der Waals surface area contributed by atoms with E-state index in [9.17, 15) is 19.2 Å². The van der Waals surface area contributed by atoms with Gasteiger partial charge in [0.05, 0.1) is 61.3 Å². The molecule has 0 radical (unpaired) electrons. The van der Waals surface area contributed by atoms with E-state index in [0.717, 1.165) is 36.1 Å². The molecule has 0 saturated carbocycles. The van der Waals surface area contributed by atoms with Crippen molar-refractivity contribution >= 4 is 34.9 Å². The van der Waals surface area contributed by atoms with Crippen molar-refractivity contribution < 1.29 is 37.8 Å². The van der Waals surface area contributed by atoms with Crippen molar-refractivity contribution in [2.75, 3.05) is 27.3 Å². The van der Waals surface area contributed by atoms with E-state index < -0.39 is 30.5 Å². The summed E-state index contributed by atoms with van der Waals surface area (Å²) in [5, 5.41) is 5.79. The number of fused-ring (bicyclic) bond motifs is 5. The Labute approximate surface area is 352 Å². The van der Waals surface area contributed by atoms with E-state index in [1.54, 1.807) is 28.3 Å². The van der Waals surface area contributed by atoms with E-state index >= 15 is 4.39 Å². The van der Waals surface area contributed by atoms with Gasteiger partial charge in [-0.1, -0.05) is 39.8 Å². The summed E-state index contributed by atoms with van der Waals surface area (Å²) in [5.74, 6) is 0.727. The number of benzene rings is 2. The number of ether oxygens (including phenoxy) is 3. The lowest BCUT2D eigenvalue weighted by Gasteiger charge is -2.30. The van der Waals surface area contributed by atoms with E-state index in [1.165, 1.54) is 14.2 Å². The number of nitrogens with one attached hydrogen (secondary N) is 4. The minimum absolute atomic E-state index is 0.148. The van der Waals surface area contributed by atoms with Crippen molar-refractivity contribution in [2.24, 2.45) is 11.8 Å². The fraction of sp³-hybridized carbons (Fsp3) is 0.455. The number of likely N-dealkylation sites (tertiary alicyclic amines) is 2. The SMILES string of the molecule is COC(=O)N[C@H](C(=O)N1CCC[C@H]1c1ncc(-c2ccc3c(c2)OC(C)n2c-3c(F)c3cc(-c4cnc([C@@H]5CCCN5C(=O)[C@@H](NC(=O)OC)C(C)C)[nH]4)ccc32)[nH]1)C(C)C. The number of nitrogens with zero attached hydrogens (tertiary/aromatic N) is 5. The van der Waals surface area contributed by atoms with Crippen molar-refractivity contribution in [2.45, 2.75) is 90.7 Å². The van der Waals surface area contributed by atoms with Gasteiger partial charge in [-0.05, 0) is 68.7 Å². The first kappa shape index (κ1) is 41.3. The summed E-state index contributed by atoms with van der Waals surface area (Å²) < 4.78 is 34.6. The number of halogens is 1. The zero-order valence-corrected chi connectivity index (χ0v) is 35.4. The summed E-state index contributed by atoms with van der Waals surface area (Å²) in [6.45, 7) is 10.5. The van der Waals surface area contributed by atoms with Gasteiger partial charge in [0.1, 0.15) is 29.5 Å². The summed E-state index contributed by atoms with van der Waals surface area (Å²) in [6, 6.07) is 9.14. The minimum atomic E-state index is -0.746. The first-order chi connectivity index (χ1) is 29.3. The highest BCUT2D eigenvalue weighted by Gasteiger charge is 2.39. The minimum Gasteiger partial charge on any atom is -0.470 e.